The van der Waals surface area contributed by atoms with Crippen LogP contribution in [-0.2, 0) is 21.4 Å². The van der Waals surface area contributed by atoms with Crippen LogP contribution in [-0.4, -0.2) is 18.7 Å². The number of benzene rings is 2. The summed E-state index contributed by atoms with van der Waals surface area (Å²) in [7, 11) is 0. The summed E-state index contributed by atoms with van der Waals surface area (Å²) in [4.78, 5) is 11.6. The predicted molar refractivity (Wildman–Crippen MR) is 112 cm³/mol. The zero-order valence-electron chi connectivity index (χ0n) is 17.7. The lowest BCUT2D eigenvalue weighted by Crippen LogP contribution is -2.32. The third-order valence-corrected chi connectivity index (χ3v) is 5.22. The number of fused-ring (bicyclic) bond motifs is 1. The first kappa shape index (κ1) is 20.9. The van der Waals surface area contributed by atoms with Gasteiger partial charge in [-0.25, -0.2) is 4.39 Å². The van der Waals surface area contributed by atoms with Crippen molar-refractivity contribution in [3.05, 3.63) is 64.0 Å². The Morgan fingerprint density at radius 3 is 2.72 bits per heavy atom. The van der Waals surface area contributed by atoms with Gasteiger partial charge in [0.2, 0.25) is 0 Å². The molecule has 3 rings (SSSR count). The van der Waals surface area contributed by atoms with Gasteiger partial charge in [-0.2, -0.15) is 0 Å². The Morgan fingerprint density at radius 2 is 2.03 bits per heavy atom. The summed E-state index contributed by atoms with van der Waals surface area (Å²) in [6.45, 7) is 10.5. The molecule has 0 bridgehead atoms. The lowest BCUT2D eigenvalue weighted by atomic mass is 9.76. The van der Waals surface area contributed by atoms with E-state index in [9.17, 15) is 9.18 Å². The normalized spacial score (nSPS) is 16.8. The molecule has 1 heterocycles. The molecule has 2 aromatic rings. The molecule has 0 fully saturated rings. The molecule has 3 nitrogen and oxygen atoms in total. The van der Waals surface area contributed by atoms with E-state index in [1.165, 1.54) is 6.07 Å². The number of ether oxygens (including phenoxy) is 2. The van der Waals surface area contributed by atoms with Crippen molar-refractivity contribution < 1.29 is 18.7 Å². The van der Waals surface area contributed by atoms with Crippen LogP contribution in [0.15, 0.2) is 30.3 Å². The van der Waals surface area contributed by atoms with Crippen molar-refractivity contribution in [1.29, 1.82) is 0 Å². The van der Waals surface area contributed by atoms with E-state index in [1.54, 1.807) is 19.1 Å². The van der Waals surface area contributed by atoms with Crippen LogP contribution in [0.2, 0.25) is 0 Å². The number of carbonyl (C=O) groups is 1. The molecule has 1 unspecified atom stereocenters. The molecule has 0 saturated heterocycles. The van der Waals surface area contributed by atoms with Gasteiger partial charge in [-0.05, 0) is 68.0 Å². The van der Waals surface area contributed by atoms with Gasteiger partial charge in [0.25, 0.3) is 0 Å². The second-order valence-electron chi connectivity index (χ2n) is 8.22. The lowest BCUT2D eigenvalue weighted by Gasteiger charge is -2.36. The van der Waals surface area contributed by atoms with E-state index < -0.39 is 11.8 Å². The summed E-state index contributed by atoms with van der Waals surface area (Å²) in [5, 5.41) is 0. The van der Waals surface area contributed by atoms with Gasteiger partial charge in [0.05, 0.1) is 19.1 Å². The van der Waals surface area contributed by atoms with Crippen molar-refractivity contribution in [2.24, 2.45) is 0 Å². The van der Waals surface area contributed by atoms with Gasteiger partial charge in [0.1, 0.15) is 11.6 Å². The quantitative estimate of drug-likeness (QED) is 0.537. The molecule has 1 aliphatic heterocycles. The standard InChI is InChI=1S/C25H27FO3/c1-6-28-24(27)14-20-10-8-18(12-22(20)26)7-9-19-13-21-23(11-16(19)2)29-17(3)15-25(21,4)5/h8,10-13,17H,6,14-15H2,1-5H3. The molecule has 4 heteroatoms. The maximum absolute atomic E-state index is 14.3. The molecule has 0 radical (unpaired) electrons. The van der Waals surface area contributed by atoms with Gasteiger partial charge < -0.3 is 9.47 Å². The van der Waals surface area contributed by atoms with Crippen LogP contribution < -0.4 is 4.74 Å². The van der Waals surface area contributed by atoms with Crippen molar-refractivity contribution in [1.82, 2.24) is 0 Å². The van der Waals surface area contributed by atoms with E-state index in [4.69, 9.17) is 9.47 Å². The smallest absolute Gasteiger partial charge is 0.310 e. The van der Waals surface area contributed by atoms with Crippen molar-refractivity contribution >= 4 is 5.97 Å². The summed E-state index contributed by atoms with van der Waals surface area (Å²) in [5.41, 5.74) is 3.98. The van der Waals surface area contributed by atoms with Gasteiger partial charge in [0, 0.05) is 16.7 Å². The van der Waals surface area contributed by atoms with Gasteiger partial charge >= 0.3 is 5.97 Å². The zero-order valence-corrected chi connectivity index (χ0v) is 17.7. The molecule has 0 saturated carbocycles. The molecule has 0 aliphatic carbocycles. The van der Waals surface area contributed by atoms with Crippen LogP contribution in [0, 0.1) is 24.6 Å². The van der Waals surface area contributed by atoms with Gasteiger partial charge in [-0.3, -0.25) is 4.79 Å². The van der Waals surface area contributed by atoms with E-state index in [1.807, 2.05) is 13.0 Å². The maximum Gasteiger partial charge on any atom is 0.310 e. The molecule has 0 N–H and O–H groups in total. The Morgan fingerprint density at radius 1 is 1.28 bits per heavy atom. The van der Waals surface area contributed by atoms with E-state index in [0.717, 1.165) is 28.9 Å². The average Bonchev–Trinajstić information content (AvgIpc) is 2.61. The highest BCUT2D eigenvalue weighted by Gasteiger charge is 2.32. The molecule has 0 aromatic heterocycles. The lowest BCUT2D eigenvalue weighted by molar-refractivity contribution is -0.142. The van der Waals surface area contributed by atoms with Gasteiger partial charge in [0.15, 0.2) is 0 Å². The van der Waals surface area contributed by atoms with E-state index in [0.29, 0.717) is 11.1 Å². The van der Waals surface area contributed by atoms with Crippen LogP contribution in [0.25, 0.3) is 0 Å². The fraction of sp³-hybridized carbons (Fsp3) is 0.400. The molecule has 29 heavy (non-hydrogen) atoms. The highest BCUT2D eigenvalue weighted by Crippen LogP contribution is 2.41. The zero-order chi connectivity index (χ0) is 21.2. The molecule has 152 valence electrons. The third-order valence-electron chi connectivity index (χ3n) is 5.22. The second-order valence-corrected chi connectivity index (χ2v) is 8.22. The fourth-order valence-electron chi connectivity index (χ4n) is 3.80. The largest absolute Gasteiger partial charge is 0.490 e. The van der Waals surface area contributed by atoms with Crippen molar-refractivity contribution in [2.45, 2.75) is 59.0 Å². The van der Waals surface area contributed by atoms with Crippen molar-refractivity contribution in [2.75, 3.05) is 6.61 Å². The summed E-state index contributed by atoms with van der Waals surface area (Å²) >= 11 is 0. The number of halogens is 1. The van der Waals surface area contributed by atoms with E-state index in [2.05, 4.69) is 38.7 Å². The summed E-state index contributed by atoms with van der Waals surface area (Å²) in [6.07, 6.45) is 1.05. The average molecular weight is 394 g/mol. The van der Waals surface area contributed by atoms with Crippen molar-refractivity contribution in [3.63, 3.8) is 0 Å². The molecule has 1 atom stereocenters. The number of carbonyl (C=O) groups excluding carboxylic acids is 1. The molecule has 2 aromatic carbocycles. The summed E-state index contributed by atoms with van der Waals surface area (Å²) in [6, 6.07) is 8.82. The Balaban J connectivity index is 1.87. The van der Waals surface area contributed by atoms with Crippen LogP contribution >= 0.6 is 0 Å². The Bertz CT molecular complexity index is 995. The van der Waals surface area contributed by atoms with Gasteiger partial charge in [-0.1, -0.05) is 31.8 Å². The fourth-order valence-corrected chi connectivity index (χ4v) is 3.80. The van der Waals surface area contributed by atoms with Crippen LogP contribution in [0.3, 0.4) is 0 Å². The summed E-state index contributed by atoms with van der Waals surface area (Å²) in [5.74, 6) is 6.25. The molecular weight excluding hydrogens is 367 g/mol. The third kappa shape index (κ3) is 4.79. The van der Waals surface area contributed by atoms with E-state index in [-0.39, 0.29) is 24.5 Å². The monoisotopic (exact) mass is 394 g/mol. The Kier molecular flexibility index (Phi) is 5.98. The Hall–Kier alpha value is -2.80. The number of hydrogen-bond donors (Lipinski definition) is 0. The number of aryl methyl sites for hydroxylation is 1. The Labute approximate surface area is 172 Å². The minimum atomic E-state index is -0.449. The SMILES string of the molecule is CCOC(=O)Cc1ccc(C#Cc2cc3c(cc2C)OC(C)CC3(C)C)cc1F. The molecule has 1 aliphatic rings. The van der Waals surface area contributed by atoms with Crippen LogP contribution in [0.4, 0.5) is 4.39 Å². The molecule has 0 spiro atoms. The number of esters is 1. The minimum absolute atomic E-state index is 0.0119. The van der Waals surface area contributed by atoms with Crippen molar-refractivity contribution in [3.8, 4) is 17.6 Å². The maximum atomic E-state index is 14.3. The highest BCUT2D eigenvalue weighted by atomic mass is 19.1. The highest BCUT2D eigenvalue weighted by molar-refractivity contribution is 5.72. The molecule has 0 amide bonds. The van der Waals surface area contributed by atoms with Gasteiger partial charge in [-0.15, -0.1) is 0 Å². The topological polar surface area (TPSA) is 35.5 Å². The first-order chi connectivity index (χ1) is 13.7. The van der Waals surface area contributed by atoms with Crippen LogP contribution in [0.5, 0.6) is 5.75 Å². The second kappa shape index (κ2) is 8.29. The number of rotatable bonds is 3. The van der Waals surface area contributed by atoms with Crippen LogP contribution in [0.1, 0.15) is 61.9 Å². The summed E-state index contributed by atoms with van der Waals surface area (Å²) < 4.78 is 25.2. The number of hydrogen-bond acceptors (Lipinski definition) is 3. The molecular formula is C25H27FO3. The van der Waals surface area contributed by atoms with E-state index >= 15 is 0 Å². The first-order valence-electron chi connectivity index (χ1n) is 9.97. The first-order valence-corrected chi connectivity index (χ1v) is 9.97. The predicted octanol–water partition coefficient (Wildman–Crippen LogP) is 5.09. The minimum Gasteiger partial charge on any atom is -0.490 e.